The van der Waals surface area contributed by atoms with Gasteiger partial charge in [0.25, 0.3) is 0 Å². The summed E-state index contributed by atoms with van der Waals surface area (Å²) in [5, 5.41) is 1.87. The average molecular weight is 299 g/mol. The van der Waals surface area contributed by atoms with Crippen molar-refractivity contribution in [3.63, 3.8) is 0 Å². The van der Waals surface area contributed by atoms with Crippen LogP contribution in [0.2, 0.25) is 5.02 Å². The van der Waals surface area contributed by atoms with Crippen LogP contribution in [0.5, 0.6) is 0 Å². The Balaban J connectivity index is 2.06. The summed E-state index contributed by atoms with van der Waals surface area (Å²) in [6, 6.07) is 6.10. The summed E-state index contributed by atoms with van der Waals surface area (Å²) in [6.07, 6.45) is 5.69. The molecule has 2 N–H and O–H groups in total. The van der Waals surface area contributed by atoms with Crippen LogP contribution in [-0.2, 0) is 12.8 Å². The molecule has 2 nitrogen and oxygen atoms in total. The minimum Gasteiger partial charge on any atom is -0.403 e. The molecule has 3 rings (SSSR count). The number of fused-ring (bicyclic) bond motifs is 2. The van der Waals surface area contributed by atoms with Gasteiger partial charge in [-0.2, -0.15) is 0 Å². The molecule has 21 heavy (non-hydrogen) atoms. The van der Waals surface area contributed by atoms with Crippen LogP contribution >= 0.6 is 11.6 Å². The number of pyridine rings is 1. The average Bonchev–Trinajstić information content (AvgIpc) is 2.47. The fourth-order valence-corrected chi connectivity index (χ4v) is 3.49. The van der Waals surface area contributed by atoms with Crippen molar-refractivity contribution in [3.05, 3.63) is 58.9 Å². The highest BCUT2D eigenvalue weighted by atomic mass is 35.5. The fourth-order valence-electron chi connectivity index (χ4n) is 3.15. The summed E-state index contributed by atoms with van der Waals surface area (Å²) in [7, 11) is 0. The first-order valence-electron chi connectivity index (χ1n) is 7.25. The molecular weight excluding hydrogens is 280 g/mol. The molecule has 0 radical (unpaired) electrons. The van der Waals surface area contributed by atoms with E-state index in [0.29, 0.717) is 5.92 Å². The Bertz CT molecular complexity index is 734. The number of hydrogen-bond donors (Lipinski definition) is 1. The van der Waals surface area contributed by atoms with E-state index in [1.807, 2.05) is 24.3 Å². The van der Waals surface area contributed by atoms with Crippen molar-refractivity contribution >= 4 is 28.6 Å². The molecule has 1 aromatic heterocycles. The molecule has 1 heterocycles. The number of nitrogens with two attached hydrogens (primary N) is 1. The van der Waals surface area contributed by atoms with Crippen molar-refractivity contribution in [2.24, 2.45) is 11.7 Å². The number of benzene rings is 1. The predicted molar refractivity (Wildman–Crippen MR) is 90.3 cm³/mol. The summed E-state index contributed by atoms with van der Waals surface area (Å²) in [5.74, 6) is 0.527. The van der Waals surface area contributed by atoms with Crippen molar-refractivity contribution in [2.45, 2.75) is 25.7 Å². The Hall–Kier alpha value is -1.80. The number of hydrogen-bond acceptors (Lipinski definition) is 2. The largest absolute Gasteiger partial charge is 0.403 e. The van der Waals surface area contributed by atoms with Gasteiger partial charge in [-0.1, -0.05) is 43.0 Å². The van der Waals surface area contributed by atoms with E-state index < -0.39 is 0 Å². The highest BCUT2D eigenvalue weighted by Crippen LogP contribution is 2.36. The first-order chi connectivity index (χ1) is 10.1. The maximum atomic E-state index is 6.64. The summed E-state index contributed by atoms with van der Waals surface area (Å²) >= 11 is 6.64. The van der Waals surface area contributed by atoms with Gasteiger partial charge in [0.05, 0.1) is 10.5 Å². The van der Waals surface area contributed by atoms with E-state index in [2.05, 4.69) is 13.2 Å². The molecule has 1 aliphatic carbocycles. The lowest BCUT2D eigenvalue weighted by Crippen LogP contribution is -2.18. The second-order valence-electron chi connectivity index (χ2n) is 5.80. The molecule has 3 heteroatoms. The molecule has 0 fully saturated rings. The second kappa shape index (κ2) is 5.53. The highest BCUT2D eigenvalue weighted by molar-refractivity contribution is 6.36. The zero-order valence-electron chi connectivity index (χ0n) is 12.0. The van der Waals surface area contributed by atoms with Crippen LogP contribution in [0.1, 0.15) is 29.7 Å². The molecule has 1 aliphatic rings. The van der Waals surface area contributed by atoms with Gasteiger partial charge < -0.3 is 5.73 Å². The highest BCUT2D eigenvalue weighted by Gasteiger charge is 2.23. The summed E-state index contributed by atoms with van der Waals surface area (Å²) in [5.41, 5.74) is 10.8. The van der Waals surface area contributed by atoms with Crippen molar-refractivity contribution in [2.75, 3.05) is 0 Å². The van der Waals surface area contributed by atoms with Crippen LogP contribution in [0.25, 0.3) is 17.0 Å². The molecular formula is C18H19ClN2. The zero-order valence-corrected chi connectivity index (χ0v) is 12.8. The summed E-state index contributed by atoms with van der Waals surface area (Å²) in [6.45, 7) is 7.62. The molecule has 108 valence electrons. The topological polar surface area (TPSA) is 38.9 Å². The minimum atomic E-state index is 0.527. The third-order valence-electron chi connectivity index (χ3n) is 4.20. The maximum Gasteiger partial charge on any atom is 0.0726 e. The van der Waals surface area contributed by atoms with Crippen molar-refractivity contribution < 1.29 is 0 Å². The smallest absolute Gasteiger partial charge is 0.0726 e. The van der Waals surface area contributed by atoms with E-state index >= 15 is 0 Å². The van der Waals surface area contributed by atoms with Crippen molar-refractivity contribution in [1.29, 1.82) is 0 Å². The number of aryl methyl sites for hydroxylation is 1. The molecule has 0 saturated heterocycles. The normalized spacial score (nSPS) is 17.5. The fraction of sp³-hybridized carbons (Fsp3) is 0.278. The molecule has 0 amide bonds. The number of nitrogens with zero attached hydrogens (tertiary/aromatic N) is 1. The molecule has 0 bridgehead atoms. The van der Waals surface area contributed by atoms with E-state index in [4.69, 9.17) is 22.3 Å². The second-order valence-corrected chi connectivity index (χ2v) is 6.18. The van der Waals surface area contributed by atoms with Crippen LogP contribution in [0.4, 0.5) is 0 Å². The molecule has 1 aromatic carbocycles. The Labute approximate surface area is 130 Å². The van der Waals surface area contributed by atoms with Gasteiger partial charge in [0.1, 0.15) is 0 Å². The van der Waals surface area contributed by atoms with Gasteiger partial charge in [0, 0.05) is 16.8 Å². The first kappa shape index (κ1) is 14.2. The molecule has 1 unspecified atom stereocenters. The van der Waals surface area contributed by atoms with E-state index in [-0.39, 0.29) is 0 Å². The monoisotopic (exact) mass is 298 g/mol. The van der Waals surface area contributed by atoms with Gasteiger partial charge in [0.2, 0.25) is 0 Å². The van der Waals surface area contributed by atoms with Crippen LogP contribution < -0.4 is 5.73 Å². The number of aromatic nitrogens is 1. The van der Waals surface area contributed by atoms with Crippen LogP contribution in [0.15, 0.2) is 37.1 Å². The van der Waals surface area contributed by atoms with E-state index in [1.54, 1.807) is 0 Å². The van der Waals surface area contributed by atoms with Gasteiger partial charge in [-0.15, -0.1) is 0 Å². The van der Waals surface area contributed by atoms with Gasteiger partial charge in [-0.25, -0.2) is 0 Å². The Morgan fingerprint density at radius 1 is 1.48 bits per heavy atom. The summed E-state index contributed by atoms with van der Waals surface area (Å²) in [4.78, 5) is 4.81. The lowest BCUT2D eigenvalue weighted by Gasteiger charge is -2.25. The van der Waals surface area contributed by atoms with E-state index in [1.165, 1.54) is 5.56 Å². The van der Waals surface area contributed by atoms with Crippen LogP contribution in [0, 0.1) is 5.92 Å². The van der Waals surface area contributed by atoms with E-state index in [9.17, 15) is 0 Å². The molecule has 0 spiro atoms. The predicted octanol–water partition coefficient (Wildman–Crippen LogP) is 4.50. The van der Waals surface area contributed by atoms with E-state index in [0.717, 1.165) is 58.6 Å². The van der Waals surface area contributed by atoms with Gasteiger partial charge in [-0.3, -0.25) is 4.98 Å². The third kappa shape index (κ3) is 2.68. The molecule has 2 aromatic rings. The SMILES string of the molecule is C=Cc1ccc2c(Cl)c3c(nc2c1)CCC(CC(=C)N)C3. The first-order valence-corrected chi connectivity index (χ1v) is 7.63. The molecule has 1 atom stereocenters. The lowest BCUT2D eigenvalue weighted by molar-refractivity contribution is 0.449. The molecule has 0 aliphatic heterocycles. The van der Waals surface area contributed by atoms with Crippen molar-refractivity contribution in [1.82, 2.24) is 4.98 Å². The van der Waals surface area contributed by atoms with Crippen molar-refractivity contribution in [3.8, 4) is 0 Å². The van der Waals surface area contributed by atoms with Crippen LogP contribution in [-0.4, -0.2) is 4.98 Å². The molecule has 0 saturated carbocycles. The standard InChI is InChI=1S/C18H19ClN2/c1-3-12-4-6-14-17(10-12)21-16-7-5-13(8-11(2)20)9-15(16)18(14)19/h3-4,6,10,13H,1-2,5,7-9,20H2. The van der Waals surface area contributed by atoms with Gasteiger partial charge >= 0.3 is 0 Å². The van der Waals surface area contributed by atoms with Crippen LogP contribution in [0.3, 0.4) is 0 Å². The minimum absolute atomic E-state index is 0.527. The van der Waals surface area contributed by atoms with Gasteiger partial charge in [-0.05, 0) is 48.8 Å². The Morgan fingerprint density at radius 2 is 2.29 bits per heavy atom. The lowest BCUT2D eigenvalue weighted by atomic mass is 9.83. The Kier molecular flexibility index (Phi) is 3.73. The number of allylic oxidation sites excluding steroid dienone is 1. The quantitative estimate of drug-likeness (QED) is 0.906. The zero-order chi connectivity index (χ0) is 15.0. The Morgan fingerprint density at radius 3 is 3.00 bits per heavy atom. The number of halogens is 1. The maximum absolute atomic E-state index is 6.64. The third-order valence-corrected chi connectivity index (χ3v) is 4.63. The summed E-state index contributed by atoms with van der Waals surface area (Å²) < 4.78 is 0. The number of rotatable bonds is 3. The van der Waals surface area contributed by atoms with Gasteiger partial charge in [0.15, 0.2) is 0 Å².